The maximum Gasteiger partial charge on any atom is 0.387 e. The zero-order valence-electron chi connectivity index (χ0n) is 15.9. The molecule has 0 bridgehead atoms. The first-order valence-corrected chi connectivity index (χ1v) is 9.23. The third-order valence-corrected chi connectivity index (χ3v) is 5.09. The Bertz CT molecular complexity index is 800. The van der Waals surface area contributed by atoms with Gasteiger partial charge in [0, 0.05) is 37.4 Å². The molecule has 8 heteroatoms. The predicted molar refractivity (Wildman–Crippen MR) is 110 cm³/mol. The Morgan fingerprint density at radius 2 is 1.86 bits per heavy atom. The van der Waals surface area contributed by atoms with E-state index in [-0.39, 0.29) is 30.6 Å². The molecule has 29 heavy (non-hydrogen) atoms. The van der Waals surface area contributed by atoms with E-state index in [0.29, 0.717) is 43.7 Å². The predicted octanol–water partition coefficient (Wildman–Crippen LogP) is 3.99. The first-order chi connectivity index (χ1) is 13.5. The van der Waals surface area contributed by atoms with E-state index in [2.05, 4.69) is 10.1 Å². The molecular weight excluding hydrogens is 402 g/mol. The summed E-state index contributed by atoms with van der Waals surface area (Å²) < 4.78 is 35.5. The smallest absolute Gasteiger partial charge is 0.387 e. The molecule has 2 aromatic carbocycles. The Kier molecular flexibility index (Phi) is 8.37. The van der Waals surface area contributed by atoms with Crippen molar-refractivity contribution in [1.29, 1.82) is 0 Å². The zero-order chi connectivity index (χ0) is 20.0. The highest BCUT2D eigenvalue weighted by Crippen LogP contribution is 2.32. The molecule has 3 N–H and O–H groups in total. The Labute approximate surface area is 175 Å². The Hall–Kier alpha value is -2.22. The van der Waals surface area contributed by atoms with Crippen LogP contribution in [0.25, 0.3) is 0 Å². The van der Waals surface area contributed by atoms with Gasteiger partial charge < -0.3 is 20.5 Å². The Balaban J connectivity index is 0.00000300. The number of hydrogen-bond acceptors (Lipinski definition) is 4. The van der Waals surface area contributed by atoms with E-state index < -0.39 is 12.0 Å². The van der Waals surface area contributed by atoms with Crippen LogP contribution < -0.4 is 15.8 Å². The molecule has 1 aliphatic heterocycles. The van der Waals surface area contributed by atoms with E-state index in [1.54, 1.807) is 12.1 Å². The summed E-state index contributed by atoms with van der Waals surface area (Å²) in [5, 5.41) is 2.89. The van der Waals surface area contributed by atoms with Crippen molar-refractivity contribution in [3.05, 3.63) is 59.7 Å². The lowest BCUT2D eigenvalue weighted by Crippen LogP contribution is -2.46. The van der Waals surface area contributed by atoms with Crippen molar-refractivity contribution in [2.45, 2.75) is 25.9 Å². The topological polar surface area (TPSA) is 73.6 Å². The van der Waals surface area contributed by atoms with Crippen LogP contribution in [0, 0.1) is 5.41 Å². The van der Waals surface area contributed by atoms with Crippen molar-refractivity contribution in [2.24, 2.45) is 11.1 Å². The molecule has 1 aliphatic rings. The highest BCUT2D eigenvalue weighted by atomic mass is 35.5. The van der Waals surface area contributed by atoms with Crippen LogP contribution in [0.5, 0.6) is 5.75 Å². The van der Waals surface area contributed by atoms with Crippen LogP contribution in [0.4, 0.5) is 14.5 Å². The van der Waals surface area contributed by atoms with Gasteiger partial charge in [0.15, 0.2) is 0 Å². The van der Waals surface area contributed by atoms with Crippen molar-refractivity contribution < 1.29 is 23.0 Å². The van der Waals surface area contributed by atoms with Crippen LogP contribution in [0.2, 0.25) is 0 Å². The standard InChI is InChI=1S/C21H24F2N2O3.ClH/c22-20(23)28-18-7-6-17(13-16(18)12-15-4-2-1-3-5-15)25-19(26)21(14-24)8-10-27-11-9-21;/h1-7,13,20H,8-12,14,24H2,(H,25,26);1H. The summed E-state index contributed by atoms with van der Waals surface area (Å²) in [5.41, 5.74) is 7.26. The van der Waals surface area contributed by atoms with E-state index in [4.69, 9.17) is 10.5 Å². The van der Waals surface area contributed by atoms with Crippen LogP contribution >= 0.6 is 12.4 Å². The molecule has 0 spiro atoms. The van der Waals surface area contributed by atoms with Gasteiger partial charge >= 0.3 is 6.61 Å². The van der Waals surface area contributed by atoms with Gasteiger partial charge in [-0.15, -0.1) is 12.4 Å². The van der Waals surface area contributed by atoms with Gasteiger partial charge in [-0.05, 0) is 36.6 Å². The normalized spacial score (nSPS) is 15.4. The van der Waals surface area contributed by atoms with Gasteiger partial charge in [0.05, 0.1) is 5.41 Å². The van der Waals surface area contributed by atoms with Crippen LogP contribution in [-0.2, 0) is 16.0 Å². The number of halogens is 3. The number of carbonyl (C=O) groups is 1. The molecule has 1 amide bonds. The minimum absolute atomic E-state index is 0. The number of hydrogen-bond donors (Lipinski definition) is 2. The second kappa shape index (κ2) is 10.5. The number of anilines is 1. The second-order valence-electron chi connectivity index (χ2n) is 6.91. The summed E-state index contributed by atoms with van der Waals surface area (Å²) in [4.78, 5) is 12.9. The lowest BCUT2D eigenvalue weighted by molar-refractivity contribution is -0.130. The number of benzene rings is 2. The average molecular weight is 427 g/mol. The second-order valence-corrected chi connectivity index (χ2v) is 6.91. The van der Waals surface area contributed by atoms with Crippen molar-refractivity contribution in [2.75, 3.05) is 25.1 Å². The van der Waals surface area contributed by atoms with Crippen LogP contribution in [0.15, 0.2) is 48.5 Å². The SMILES string of the molecule is Cl.NCC1(C(=O)Nc2ccc(OC(F)F)c(Cc3ccccc3)c2)CCOCC1. The molecule has 5 nitrogen and oxygen atoms in total. The van der Waals surface area contributed by atoms with Crippen molar-refractivity contribution in [3.63, 3.8) is 0 Å². The highest BCUT2D eigenvalue weighted by Gasteiger charge is 2.38. The number of carbonyl (C=O) groups excluding carboxylic acids is 1. The van der Waals surface area contributed by atoms with Gasteiger partial charge in [-0.1, -0.05) is 30.3 Å². The maximum absolute atomic E-state index is 12.9. The van der Waals surface area contributed by atoms with E-state index in [0.717, 1.165) is 5.56 Å². The fourth-order valence-corrected chi connectivity index (χ4v) is 3.37. The van der Waals surface area contributed by atoms with Gasteiger partial charge in [0.1, 0.15) is 5.75 Å². The average Bonchev–Trinajstić information content (AvgIpc) is 2.71. The zero-order valence-corrected chi connectivity index (χ0v) is 16.7. The fraction of sp³-hybridized carbons (Fsp3) is 0.381. The molecule has 0 aromatic heterocycles. The van der Waals surface area contributed by atoms with E-state index >= 15 is 0 Å². The molecule has 3 rings (SSSR count). The summed E-state index contributed by atoms with van der Waals surface area (Å²) >= 11 is 0. The van der Waals surface area contributed by atoms with Gasteiger partial charge in [-0.2, -0.15) is 8.78 Å². The molecule has 2 aromatic rings. The van der Waals surface area contributed by atoms with Crippen molar-refractivity contribution in [1.82, 2.24) is 0 Å². The minimum atomic E-state index is -2.92. The van der Waals surface area contributed by atoms with E-state index in [1.165, 1.54) is 6.07 Å². The lowest BCUT2D eigenvalue weighted by atomic mass is 9.79. The Morgan fingerprint density at radius 1 is 1.17 bits per heavy atom. The summed E-state index contributed by atoms with van der Waals surface area (Å²) in [6, 6.07) is 14.1. The molecule has 0 unspecified atom stereocenters. The molecule has 0 saturated carbocycles. The van der Waals surface area contributed by atoms with Crippen molar-refractivity contribution >= 4 is 24.0 Å². The number of alkyl halides is 2. The fourth-order valence-electron chi connectivity index (χ4n) is 3.37. The summed E-state index contributed by atoms with van der Waals surface area (Å²) in [6.07, 6.45) is 1.51. The quantitative estimate of drug-likeness (QED) is 0.702. The van der Waals surface area contributed by atoms with Gasteiger partial charge in [0.25, 0.3) is 0 Å². The number of ether oxygens (including phenoxy) is 2. The van der Waals surface area contributed by atoms with Crippen LogP contribution in [-0.4, -0.2) is 32.3 Å². The van der Waals surface area contributed by atoms with Gasteiger partial charge in [-0.25, -0.2) is 0 Å². The first kappa shape index (κ1) is 23.1. The molecule has 158 valence electrons. The summed E-state index contributed by atoms with van der Waals surface area (Å²) in [6.45, 7) is -1.71. The molecule has 1 fully saturated rings. The molecule has 0 aliphatic carbocycles. The largest absolute Gasteiger partial charge is 0.435 e. The number of nitrogens with one attached hydrogen (secondary N) is 1. The summed E-state index contributed by atoms with van der Waals surface area (Å²) in [5.74, 6) is -0.0806. The molecule has 0 atom stereocenters. The molecule has 0 radical (unpaired) electrons. The van der Waals surface area contributed by atoms with Crippen molar-refractivity contribution in [3.8, 4) is 5.75 Å². The number of amides is 1. The Morgan fingerprint density at radius 3 is 2.48 bits per heavy atom. The van der Waals surface area contributed by atoms with Gasteiger partial charge in [-0.3, -0.25) is 4.79 Å². The third-order valence-electron chi connectivity index (χ3n) is 5.09. The lowest BCUT2D eigenvalue weighted by Gasteiger charge is -2.34. The molecule has 1 heterocycles. The van der Waals surface area contributed by atoms with E-state index in [9.17, 15) is 13.6 Å². The number of rotatable bonds is 7. The highest BCUT2D eigenvalue weighted by molar-refractivity contribution is 5.95. The number of nitrogens with two attached hydrogens (primary N) is 1. The van der Waals surface area contributed by atoms with Gasteiger partial charge in [0.2, 0.25) is 5.91 Å². The molecular formula is C21H25ClF2N2O3. The minimum Gasteiger partial charge on any atom is -0.435 e. The van der Waals surface area contributed by atoms with E-state index in [1.807, 2.05) is 30.3 Å². The monoisotopic (exact) mass is 426 g/mol. The maximum atomic E-state index is 12.9. The molecule has 1 saturated heterocycles. The first-order valence-electron chi connectivity index (χ1n) is 9.23. The summed E-state index contributed by atoms with van der Waals surface area (Å²) in [7, 11) is 0. The van der Waals surface area contributed by atoms with Crippen LogP contribution in [0.1, 0.15) is 24.0 Å². The third kappa shape index (κ3) is 5.88. The van der Waals surface area contributed by atoms with Crippen LogP contribution in [0.3, 0.4) is 0 Å².